The molecule has 4 nitrogen and oxygen atoms in total. The van der Waals surface area contributed by atoms with Gasteiger partial charge in [-0.05, 0) is 23.3 Å². The third-order valence-corrected chi connectivity index (χ3v) is 2.91. The molecule has 1 atom stereocenters. The Morgan fingerprint density at radius 3 is 2.40 bits per heavy atom. The molecule has 1 amide bonds. The minimum Gasteiger partial charge on any atom is -1.00 e. The van der Waals surface area contributed by atoms with Crippen LogP contribution < -0.4 is 23.5 Å². The molecule has 0 unspecified atom stereocenters. The molecule has 0 fully saturated rings. The van der Waals surface area contributed by atoms with E-state index in [1.54, 1.807) is 12.4 Å². The largest absolute Gasteiger partial charge is 1.00 e. The van der Waals surface area contributed by atoms with Crippen molar-refractivity contribution in [2.75, 3.05) is 0 Å². The van der Waals surface area contributed by atoms with Gasteiger partial charge in [0.2, 0.25) is 0 Å². The minimum absolute atomic E-state index is 0. The molecule has 0 spiro atoms. The van der Waals surface area contributed by atoms with Crippen LogP contribution in [-0.2, 0) is 17.8 Å². The number of nitrogens with zero attached hydrogens (tertiary/aromatic N) is 1. The number of carbonyl (C=O) groups is 1. The molecule has 0 aliphatic heterocycles. The maximum Gasteiger partial charge on any atom is 0.278 e. The molecular weight excluding hydrogens is 274 g/mol. The van der Waals surface area contributed by atoms with Gasteiger partial charge < -0.3 is 23.5 Å². The van der Waals surface area contributed by atoms with E-state index in [-0.39, 0.29) is 24.4 Å². The topological polar surface area (TPSA) is 69.6 Å². The number of quaternary nitrogens is 1. The number of pyridine rings is 1. The maximum atomic E-state index is 11.9. The summed E-state index contributed by atoms with van der Waals surface area (Å²) in [4.78, 5) is 15.9. The van der Waals surface area contributed by atoms with Crippen molar-refractivity contribution in [2.45, 2.75) is 19.0 Å². The van der Waals surface area contributed by atoms with E-state index < -0.39 is 0 Å². The van der Waals surface area contributed by atoms with E-state index in [2.05, 4.69) is 16.0 Å². The number of hydrogen-bond acceptors (Lipinski definition) is 2. The number of nitrogens with one attached hydrogen (secondary N) is 1. The van der Waals surface area contributed by atoms with Crippen LogP contribution in [0.15, 0.2) is 54.9 Å². The second kappa shape index (κ2) is 8.30. The number of carbonyl (C=O) groups excluding carboxylic acids is 1. The first-order chi connectivity index (χ1) is 9.25. The van der Waals surface area contributed by atoms with Crippen LogP contribution in [0.25, 0.3) is 0 Å². The van der Waals surface area contributed by atoms with E-state index in [1.807, 2.05) is 42.5 Å². The van der Waals surface area contributed by atoms with Gasteiger partial charge >= 0.3 is 0 Å². The zero-order valence-electron chi connectivity index (χ0n) is 11.1. The van der Waals surface area contributed by atoms with Gasteiger partial charge in [0.25, 0.3) is 5.91 Å². The van der Waals surface area contributed by atoms with Crippen LogP contribution in [-0.4, -0.2) is 16.9 Å². The fraction of sp³-hybridized carbons (Fsp3) is 0.200. The molecule has 20 heavy (non-hydrogen) atoms. The summed E-state index contributed by atoms with van der Waals surface area (Å²) in [5.74, 6) is -0.0272. The summed E-state index contributed by atoms with van der Waals surface area (Å²) in [7, 11) is 0. The van der Waals surface area contributed by atoms with Crippen molar-refractivity contribution in [1.82, 2.24) is 10.3 Å². The molecule has 0 saturated heterocycles. The van der Waals surface area contributed by atoms with Crippen molar-refractivity contribution in [3.63, 3.8) is 0 Å². The normalized spacial score (nSPS) is 11.2. The quantitative estimate of drug-likeness (QED) is 0.642. The van der Waals surface area contributed by atoms with Crippen LogP contribution in [0.1, 0.15) is 11.1 Å². The molecule has 2 aromatic rings. The van der Waals surface area contributed by atoms with Crippen LogP contribution in [0.4, 0.5) is 0 Å². The lowest BCUT2D eigenvalue weighted by molar-refractivity contribution is -0.403. The number of hydrogen-bond donors (Lipinski definition) is 2. The van der Waals surface area contributed by atoms with Gasteiger partial charge in [0, 0.05) is 25.4 Å². The van der Waals surface area contributed by atoms with Gasteiger partial charge in [-0.2, -0.15) is 0 Å². The Morgan fingerprint density at radius 1 is 1.10 bits per heavy atom. The smallest absolute Gasteiger partial charge is 0.278 e. The molecular formula is C15H18ClN3O. The molecule has 0 aliphatic rings. The second-order valence-corrected chi connectivity index (χ2v) is 4.46. The monoisotopic (exact) mass is 291 g/mol. The third kappa shape index (κ3) is 4.99. The van der Waals surface area contributed by atoms with Gasteiger partial charge in [0.05, 0.1) is 0 Å². The van der Waals surface area contributed by atoms with Crippen molar-refractivity contribution >= 4 is 5.91 Å². The summed E-state index contributed by atoms with van der Waals surface area (Å²) in [5, 5.41) is 2.90. The summed E-state index contributed by atoms with van der Waals surface area (Å²) < 4.78 is 0. The van der Waals surface area contributed by atoms with Crippen molar-refractivity contribution < 1.29 is 22.9 Å². The average molecular weight is 292 g/mol. The average Bonchev–Trinajstić information content (AvgIpc) is 2.47. The molecule has 1 aromatic heterocycles. The zero-order valence-corrected chi connectivity index (χ0v) is 11.9. The van der Waals surface area contributed by atoms with Crippen LogP contribution in [0.2, 0.25) is 0 Å². The van der Waals surface area contributed by atoms with Gasteiger partial charge in [-0.15, -0.1) is 0 Å². The Bertz CT molecular complexity index is 519. The lowest BCUT2D eigenvalue weighted by Crippen LogP contribution is -3.00. The molecule has 4 N–H and O–H groups in total. The van der Waals surface area contributed by atoms with Gasteiger partial charge in [-0.1, -0.05) is 30.3 Å². The number of benzene rings is 1. The molecule has 0 bridgehead atoms. The SMILES string of the molecule is [Cl-].[NH3+][C@@H](Cc1ccncc1)C(=O)NCc1ccccc1. The van der Waals surface area contributed by atoms with Crippen molar-refractivity contribution in [3.05, 3.63) is 66.0 Å². The lowest BCUT2D eigenvalue weighted by Gasteiger charge is -2.09. The summed E-state index contributed by atoms with van der Waals surface area (Å²) in [6.45, 7) is 0.544. The first kappa shape index (κ1) is 16.1. The fourth-order valence-corrected chi connectivity index (χ4v) is 1.83. The Morgan fingerprint density at radius 2 is 1.75 bits per heavy atom. The summed E-state index contributed by atoms with van der Waals surface area (Å²) in [6, 6.07) is 13.4. The Kier molecular flexibility index (Phi) is 6.70. The number of halogens is 1. The molecule has 0 radical (unpaired) electrons. The highest BCUT2D eigenvalue weighted by molar-refractivity contribution is 5.80. The van der Waals surface area contributed by atoms with E-state index in [0.717, 1.165) is 11.1 Å². The van der Waals surface area contributed by atoms with Crippen LogP contribution in [0.5, 0.6) is 0 Å². The van der Waals surface area contributed by atoms with Crippen molar-refractivity contribution in [3.8, 4) is 0 Å². The Labute approximate surface area is 124 Å². The van der Waals surface area contributed by atoms with Gasteiger partial charge in [0.1, 0.15) is 0 Å². The third-order valence-electron chi connectivity index (χ3n) is 2.91. The molecule has 106 valence electrons. The fourth-order valence-electron chi connectivity index (χ4n) is 1.83. The first-order valence-electron chi connectivity index (χ1n) is 6.29. The predicted molar refractivity (Wildman–Crippen MR) is 72.9 cm³/mol. The van der Waals surface area contributed by atoms with E-state index in [0.29, 0.717) is 13.0 Å². The molecule has 0 saturated carbocycles. The predicted octanol–water partition coefficient (Wildman–Crippen LogP) is -2.44. The van der Waals surface area contributed by atoms with E-state index in [9.17, 15) is 4.79 Å². The highest BCUT2D eigenvalue weighted by Crippen LogP contribution is 2.01. The molecule has 5 heteroatoms. The van der Waals surface area contributed by atoms with Crippen molar-refractivity contribution in [2.24, 2.45) is 0 Å². The highest BCUT2D eigenvalue weighted by atomic mass is 35.5. The number of rotatable bonds is 5. The van der Waals surface area contributed by atoms with Gasteiger partial charge in [-0.3, -0.25) is 9.78 Å². The van der Waals surface area contributed by atoms with E-state index in [1.165, 1.54) is 0 Å². The summed E-state index contributed by atoms with van der Waals surface area (Å²) >= 11 is 0. The standard InChI is InChI=1S/C15H17N3O.ClH/c16-14(10-12-6-8-17-9-7-12)15(19)18-11-13-4-2-1-3-5-13;/h1-9,14H,10-11,16H2,(H,18,19);1H/t14-;/m0./s1. The lowest BCUT2D eigenvalue weighted by atomic mass is 10.1. The minimum atomic E-state index is -0.286. The van der Waals surface area contributed by atoms with Crippen LogP contribution >= 0.6 is 0 Å². The summed E-state index contributed by atoms with van der Waals surface area (Å²) in [5.41, 5.74) is 6.08. The van der Waals surface area contributed by atoms with Gasteiger partial charge in [-0.25, -0.2) is 0 Å². The molecule has 1 aromatic carbocycles. The van der Waals surface area contributed by atoms with E-state index >= 15 is 0 Å². The van der Waals surface area contributed by atoms with Crippen molar-refractivity contribution in [1.29, 1.82) is 0 Å². The van der Waals surface area contributed by atoms with Crippen LogP contribution in [0.3, 0.4) is 0 Å². The van der Waals surface area contributed by atoms with Crippen LogP contribution in [0, 0.1) is 0 Å². The van der Waals surface area contributed by atoms with E-state index in [4.69, 9.17) is 0 Å². The summed E-state index contributed by atoms with van der Waals surface area (Å²) in [6.07, 6.45) is 4.08. The number of amides is 1. The molecule has 1 heterocycles. The number of aromatic nitrogens is 1. The Balaban J connectivity index is 0.00000200. The Hall–Kier alpha value is -1.91. The highest BCUT2D eigenvalue weighted by Gasteiger charge is 2.17. The maximum absolute atomic E-state index is 11.9. The van der Waals surface area contributed by atoms with Gasteiger partial charge in [0.15, 0.2) is 6.04 Å². The second-order valence-electron chi connectivity index (χ2n) is 4.46. The first-order valence-corrected chi connectivity index (χ1v) is 6.29. The zero-order chi connectivity index (χ0) is 13.5. The molecule has 2 rings (SSSR count). The molecule has 0 aliphatic carbocycles.